The number of amides is 1. The number of oxazole rings is 1. The highest BCUT2D eigenvalue weighted by atomic mass is 32.2. The number of hydrogen-bond donors (Lipinski definition) is 0. The number of fused-ring (bicyclic) bond motifs is 1. The van der Waals surface area contributed by atoms with Gasteiger partial charge in [0, 0.05) is 30.5 Å². The number of benzene rings is 1. The van der Waals surface area contributed by atoms with Crippen molar-refractivity contribution in [3.05, 3.63) is 28.3 Å². The Morgan fingerprint density at radius 2 is 2.22 bits per heavy atom. The summed E-state index contributed by atoms with van der Waals surface area (Å²) in [4.78, 5) is 29.0. The van der Waals surface area contributed by atoms with Gasteiger partial charge in [0.2, 0.25) is 0 Å². The first kappa shape index (κ1) is 19.5. The smallest absolute Gasteiger partial charge is 0.410 e. The first-order valence-electron chi connectivity index (χ1n) is 8.90. The van der Waals surface area contributed by atoms with Crippen molar-refractivity contribution < 1.29 is 18.9 Å². The van der Waals surface area contributed by atoms with Gasteiger partial charge >= 0.3 is 6.09 Å². The summed E-state index contributed by atoms with van der Waals surface area (Å²) in [6.07, 6.45) is 2.64. The number of nitro groups is 1. The van der Waals surface area contributed by atoms with Gasteiger partial charge in [0.15, 0.2) is 5.58 Å². The summed E-state index contributed by atoms with van der Waals surface area (Å²) in [5.41, 5.74) is 0.423. The predicted molar refractivity (Wildman–Crippen MR) is 102 cm³/mol. The molecule has 2 aromatic rings. The molecule has 0 aliphatic carbocycles. The summed E-state index contributed by atoms with van der Waals surface area (Å²) in [7, 11) is 0. The number of likely N-dealkylation sites (tertiary alicyclic amines) is 1. The fourth-order valence-corrected chi connectivity index (χ4v) is 3.97. The Labute approximate surface area is 161 Å². The molecule has 9 heteroatoms. The number of thioether (sulfide) groups is 1. The molecule has 27 heavy (non-hydrogen) atoms. The van der Waals surface area contributed by atoms with Gasteiger partial charge in [-0.05, 0) is 46.1 Å². The minimum atomic E-state index is -0.527. The third-order valence-electron chi connectivity index (χ3n) is 4.22. The summed E-state index contributed by atoms with van der Waals surface area (Å²) in [6.45, 7) is 6.25. The number of non-ortho nitro benzene ring substituents is 1. The zero-order valence-corrected chi connectivity index (χ0v) is 16.5. The Bertz CT molecular complexity index is 845. The Balaban J connectivity index is 1.67. The van der Waals surface area contributed by atoms with Crippen LogP contribution < -0.4 is 0 Å². The maximum Gasteiger partial charge on any atom is 0.410 e. The topological polar surface area (TPSA) is 98.7 Å². The summed E-state index contributed by atoms with van der Waals surface area (Å²) < 4.78 is 11.2. The molecule has 8 nitrogen and oxygen atoms in total. The highest BCUT2D eigenvalue weighted by molar-refractivity contribution is 7.99. The molecular formula is C18H23N3O5S. The number of nitrogens with zero attached hydrogens (tertiary/aromatic N) is 3. The Morgan fingerprint density at radius 1 is 1.44 bits per heavy atom. The zero-order valence-electron chi connectivity index (χ0n) is 15.6. The molecule has 1 amide bonds. The van der Waals surface area contributed by atoms with E-state index < -0.39 is 10.5 Å². The SMILES string of the molecule is CC(C)(C)OC(=O)N1CCCC[C@@H]1CSc1nc2cc([N+](=O)[O-])ccc2o1. The van der Waals surface area contributed by atoms with Gasteiger partial charge < -0.3 is 14.1 Å². The van der Waals surface area contributed by atoms with Gasteiger partial charge in [-0.2, -0.15) is 0 Å². The van der Waals surface area contributed by atoms with Gasteiger partial charge in [-0.25, -0.2) is 9.78 Å². The second-order valence-corrected chi connectivity index (χ2v) is 8.49. The second kappa shape index (κ2) is 7.75. The van der Waals surface area contributed by atoms with E-state index in [9.17, 15) is 14.9 Å². The third-order valence-corrected chi connectivity index (χ3v) is 5.19. The van der Waals surface area contributed by atoms with E-state index in [1.165, 1.54) is 23.9 Å². The Kier molecular flexibility index (Phi) is 5.59. The fraction of sp³-hybridized carbons (Fsp3) is 0.556. The van der Waals surface area contributed by atoms with Crippen molar-refractivity contribution in [2.45, 2.75) is 56.9 Å². The molecule has 0 spiro atoms. The molecule has 1 aromatic carbocycles. The lowest BCUT2D eigenvalue weighted by Crippen LogP contribution is -2.47. The fourth-order valence-electron chi connectivity index (χ4n) is 2.97. The van der Waals surface area contributed by atoms with E-state index in [1.54, 1.807) is 11.0 Å². The van der Waals surface area contributed by atoms with Gasteiger partial charge in [0.1, 0.15) is 11.1 Å². The van der Waals surface area contributed by atoms with Crippen molar-refractivity contribution in [2.24, 2.45) is 0 Å². The van der Waals surface area contributed by atoms with E-state index in [4.69, 9.17) is 9.15 Å². The van der Waals surface area contributed by atoms with E-state index >= 15 is 0 Å². The summed E-state index contributed by atoms with van der Waals surface area (Å²) in [5, 5.41) is 11.3. The van der Waals surface area contributed by atoms with E-state index in [-0.39, 0.29) is 17.8 Å². The van der Waals surface area contributed by atoms with Gasteiger partial charge in [0.05, 0.1) is 4.92 Å². The summed E-state index contributed by atoms with van der Waals surface area (Å²) >= 11 is 1.41. The highest BCUT2D eigenvalue weighted by Gasteiger charge is 2.30. The molecule has 0 radical (unpaired) electrons. The molecule has 1 aliphatic rings. The molecule has 3 rings (SSSR count). The second-order valence-electron chi connectivity index (χ2n) is 7.52. The van der Waals surface area contributed by atoms with Crippen molar-refractivity contribution in [1.82, 2.24) is 9.88 Å². The van der Waals surface area contributed by atoms with E-state index in [0.29, 0.717) is 28.6 Å². The zero-order chi connectivity index (χ0) is 19.6. The van der Waals surface area contributed by atoms with Gasteiger partial charge in [-0.15, -0.1) is 0 Å². The molecule has 1 atom stereocenters. The van der Waals surface area contributed by atoms with Crippen molar-refractivity contribution in [3.63, 3.8) is 0 Å². The van der Waals surface area contributed by atoms with Crippen LogP contribution in [0.5, 0.6) is 0 Å². The average Bonchev–Trinajstić information content (AvgIpc) is 3.00. The van der Waals surface area contributed by atoms with Crippen LogP contribution in [0.4, 0.5) is 10.5 Å². The van der Waals surface area contributed by atoms with Crippen molar-refractivity contribution in [3.8, 4) is 0 Å². The van der Waals surface area contributed by atoms with E-state index in [2.05, 4.69) is 4.98 Å². The molecular weight excluding hydrogens is 370 g/mol. The molecule has 1 saturated heterocycles. The first-order chi connectivity index (χ1) is 12.7. The lowest BCUT2D eigenvalue weighted by Gasteiger charge is -2.36. The van der Waals surface area contributed by atoms with Crippen LogP contribution in [0.3, 0.4) is 0 Å². The molecule has 0 unspecified atom stereocenters. The number of carbonyl (C=O) groups is 1. The number of rotatable bonds is 4. The highest BCUT2D eigenvalue weighted by Crippen LogP contribution is 2.29. The molecule has 1 aromatic heterocycles. The maximum atomic E-state index is 12.5. The molecule has 1 fully saturated rings. The number of piperidine rings is 1. The van der Waals surface area contributed by atoms with Crippen molar-refractivity contribution in [1.29, 1.82) is 0 Å². The van der Waals surface area contributed by atoms with Crippen molar-refractivity contribution in [2.75, 3.05) is 12.3 Å². The van der Waals surface area contributed by atoms with Crippen molar-refractivity contribution >= 4 is 34.6 Å². The lowest BCUT2D eigenvalue weighted by atomic mass is 10.0. The van der Waals surface area contributed by atoms with Crippen LogP contribution >= 0.6 is 11.8 Å². The van der Waals surface area contributed by atoms with E-state index in [0.717, 1.165) is 19.3 Å². The normalized spacial score (nSPS) is 17.9. The van der Waals surface area contributed by atoms with Crippen LogP contribution in [0.1, 0.15) is 40.0 Å². The summed E-state index contributed by atoms with van der Waals surface area (Å²) in [6, 6.07) is 4.39. The monoisotopic (exact) mass is 393 g/mol. The molecule has 1 aliphatic heterocycles. The largest absolute Gasteiger partial charge is 0.444 e. The molecule has 0 bridgehead atoms. The minimum Gasteiger partial charge on any atom is -0.444 e. The Hall–Kier alpha value is -2.29. The van der Waals surface area contributed by atoms with Crippen LogP contribution in [0, 0.1) is 10.1 Å². The number of carbonyl (C=O) groups excluding carboxylic acids is 1. The standard InChI is InChI=1S/C18H23N3O5S/c1-18(2,3)26-17(22)20-9-5-4-6-13(20)11-27-16-19-14-10-12(21(23)24)7-8-15(14)25-16/h7-8,10,13H,4-6,9,11H2,1-3H3/t13-/m1/s1. The maximum absolute atomic E-state index is 12.5. The van der Waals surface area contributed by atoms with Gasteiger partial charge in [-0.3, -0.25) is 10.1 Å². The lowest BCUT2D eigenvalue weighted by molar-refractivity contribution is -0.384. The van der Waals surface area contributed by atoms with Gasteiger partial charge in [-0.1, -0.05) is 11.8 Å². The number of ether oxygens (including phenoxy) is 1. The summed E-state index contributed by atoms with van der Waals surface area (Å²) in [5.74, 6) is 0.633. The minimum absolute atomic E-state index is 0.0178. The number of hydrogen-bond acceptors (Lipinski definition) is 7. The quantitative estimate of drug-likeness (QED) is 0.424. The molecule has 146 valence electrons. The molecule has 0 N–H and O–H groups in total. The van der Waals surface area contributed by atoms with Gasteiger partial charge in [0.25, 0.3) is 10.9 Å². The van der Waals surface area contributed by atoms with Crippen LogP contribution in [0.25, 0.3) is 11.1 Å². The molecule has 0 saturated carbocycles. The van der Waals surface area contributed by atoms with Crippen LogP contribution in [0.15, 0.2) is 27.8 Å². The van der Waals surface area contributed by atoms with Crippen LogP contribution in [-0.4, -0.2) is 44.8 Å². The number of aromatic nitrogens is 1. The first-order valence-corrected chi connectivity index (χ1v) is 9.89. The average molecular weight is 393 g/mol. The van der Waals surface area contributed by atoms with Crippen LogP contribution in [-0.2, 0) is 4.74 Å². The third kappa shape index (κ3) is 4.91. The molecule has 2 heterocycles. The Morgan fingerprint density at radius 3 is 2.93 bits per heavy atom. The number of nitro benzene ring substituents is 1. The predicted octanol–water partition coefficient (Wildman–Crippen LogP) is 4.62. The van der Waals surface area contributed by atoms with E-state index in [1.807, 2.05) is 20.8 Å². The van der Waals surface area contributed by atoms with Crippen LogP contribution in [0.2, 0.25) is 0 Å².